The summed E-state index contributed by atoms with van der Waals surface area (Å²) >= 11 is 6.08. The minimum atomic E-state index is -1.13. The monoisotopic (exact) mass is 486 g/mol. The molecule has 2 amide bonds. The normalized spacial score (nSPS) is 15.5. The Hall–Kier alpha value is -3.94. The van der Waals surface area contributed by atoms with Gasteiger partial charge in [-0.25, -0.2) is 4.99 Å². The van der Waals surface area contributed by atoms with Crippen molar-refractivity contribution in [3.05, 3.63) is 101 Å². The van der Waals surface area contributed by atoms with Gasteiger partial charge in [0.05, 0.1) is 18.0 Å². The highest BCUT2D eigenvalue weighted by atomic mass is 35.5. The summed E-state index contributed by atoms with van der Waals surface area (Å²) in [6, 6.07) is 24.3. The number of methoxy groups -OCH3 is 1. The maximum absolute atomic E-state index is 13.7. The number of carbonyl (C=O) groups excluding carboxylic acids is 2. The first-order chi connectivity index (χ1) is 17.0. The van der Waals surface area contributed by atoms with Crippen molar-refractivity contribution in [1.29, 1.82) is 0 Å². The van der Waals surface area contributed by atoms with Gasteiger partial charge in [-0.05, 0) is 30.3 Å². The van der Waals surface area contributed by atoms with Crippen LogP contribution in [0.4, 0.5) is 5.69 Å². The number of rotatable bonds is 6. The summed E-state index contributed by atoms with van der Waals surface area (Å²) in [5.74, 6) is -0.780. The quantitative estimate of drug-likeness (QED) is 0.423. The first-order valence-electron chi connectivity index (χ1n) is 11.2. The van der Waals surface area contributed by atoms with Gasteiger partial charge in [-0.3, -0.25) is 9.59 Å². The number of nitrogens with zero attached hydrogens (tertiary/aromatic N) is 2. The SMILES string of the molecule is COCCN1C(=O)[C@@H](NC(=O)c2cc3cc(Cl)ccc3[nH]2)N=C(c2ccccc2)c2ccccc21. The smallest absolute Gasteiger partial charge is 0.272 e. The van der Waals surface area contributed by atoms with E-state index in [9.17, 15) is 9.59 Å². The van der Waals surface area contributed by atoms with Crippen LogP contribution in [0.5, 0.6) is 0 Å². The highest BCUT2D eigenvalue weighted by Gasteiger charge is 2.33. The summed E-state index contributed by atoms with van der Waals surface area (Å²) in [6.07, 6.45) is -1.13. The lowest BCUT2D eigenvalue weighted by molar-refractivity contribution is -0.120. The molecule has 0 radical (unpaired) electrons. The maximum atomic E-state index is 13.7. The number of fused-ring (bicyclic) bond motifs is 2. The van der Waals surface area contributed by atoms with Gasteiger partial charge in [0.1, 0.15) is 5.69 Å². The number of hydrogen-bond donors (Lipinski definition) is 2. The molecule has 2 N–H and O–H groups in total. The van der Waals surface area contributed by atoms with Crippen LogP contribution in [0.1, 0.15) is 21.6 Å². The van der Waals surface area contributed by atoms with Crippen molar-refractivity contribution in [1.82, 2.24) is 10.3 Å². The first kappa shape index (κ1) is 22.8. The van der Waals surface area contributed by atoms with E-state index >= 15 is 0 Å². The van der Waals surface area contributed by atoms with Crippen molar-refractivity contribution in [2.75, 3.05) is 25.2 Å². The molecule has 0 aliphatic carbocycles. The molecule has 1 aliphatic rings. The number of aromatic nitrogens is 1. The summed E-state index contributed by atoms with van der Waals surface area (Å²) in [6.45, 7) is 0.658. The second kappa shape index (κ2) is 9.74. The molecule has 4 aromatic rings. The van der Waals surface area contributed by atoms with Gasteiger partial charge in [0, 0.05) is 40.7 Å². The summed E-state index contributed by atoms with van der Waals surface area (Å²) in [5, 5.41) is 4.20. The molecule has 5 rings (SSSR count). The molecule has 1 aliphatic heterocycles. The Morgan fingerprint density at radius 1 is 1.09 bits per heavy atom. The zero-order valence-electron chi connectivity index (χ0n) is 19.0. The van der Waals surface area contributed by atoms with Gasteiger partial charge in [0.25, 0.3) is 11.8 Å². The zero-order chi connectivity index (χ0) is 24.4. The molecule has 0 fully saturated rings. The molecule has 0 saturated carbocycles. The molecule has 1 atom stereocenters. The van der Waals surface area contributed by atoms with Crippen molar-refractivity contribution in [2.45, 2.75) is 6.17 Å². The predicted octanol–water partition coefficient (Wildman–Crippen LogP) is 4.41. The Morgan fingerprint density at radius 2 is 1.86 bits per heavy atom. The molecular formula is C27H23ClN4O3. The molecule has 0 unspecified atom stereocenters. The van der Waals surface area contributed by atoms with Gasteiger partial charge in [-0.1, -0.05) is 60.1 Å². The van der Waals surface area contributed by atoms with Crippen LogP contribution in [0, 0.1) is 0 Å². The highest BCUT2D eigenvalue weighted by Crippen LogP contribution is 2.28. The van der Waals surface area contributed by atoms with E-state index in [1.54, 1.807) is 36.3 Å². The highest BCUT2D eigenvalue weighted by molar-refractivity contribution is 6.31. The number of carbonyl (C=O) groups is 2. The zero-order valence-corrected chi connectivity index (χ0v) is 19.8. The van der Waals surface area contributed by atoms with E-state index in [2.05, 4.69) is 10.3 Å². The topological polar surface area (TPSA) is 86.8 Å². The molecule has 0 spiro atoms. The Balaban J connectivity index is 1.56. The number of ether oxygens (including phenoxy) is 1. The van der Waals surface area contributed by atoms with Crippen LogP contribution in [0.15, 0.2) is 83.9 Å². The van der Waals surface area contributed by atoms with Gasteiger partial charge in [0.15, 0.2) is 0 Å². The van der Waals surface area contributed by atoms with Crippen LogP contribution in [0.3, 0.4) is 0 Å². The van der Waals surface area contributed by atoms with Gasteiger partial charge < -0.3 is 19.9 Å². The van der Waals surface area contributed by atoms with Crippen LogP contribution < -0.4 is 10.2 Å². The number of para-hydroxylation sites is 1. The largest absolute Gasteiger partial charge is 0.383 e. The van der Waals surface area contributed by atoms with E-state index in [-0.39, 0.29) is 5.91 Å². The second-order valence-corrected chi connectivity index (χ2v) is 8.57. The van der Waals surface area contributed by atoms with Crippen LogP contribution in [0.2, 0.25) is 5.02 Å². The Morgan fingerprint density at radius 3 is 2.66 bits per heavy atom. The van der Waals surface area contributed by atoms with Gasteiger partial charge in [-0.2, -0.15) is 0 Å². The fraction of sp³-hybridized carbons (Fsp3) is 0.148. The van der Waals surface area contributed by atoms with Crippen LogP contribution in [0.25, 0.3) is 10.9 Å². The van der Waals surface area contributed by atoms with E-state index in [4.69, 9.17) is 21.3 Å². The lowest BCUT2D eigenvalue weighted by Gasteiger charge is -2.25. The number of benzene rings is 3. The Kier molecular flexibility index (Phi) is 6.35. The fourth-order valence-corrected chi connectivity index (χ4v) is 4.37. The van der Waals surface area contributed by atoms with Crippen LogP contribution in [-0.4, -0.2) is 48.9 Å². The third-order valence-electron chi connectivity index (χ3n) is 5.87. The van der Waals surface area contributed by atoms with Crippen molar-refractivity contribution in [3.63, 3.8) is 0 Å². The minimum Gasteiger partial charge on any atom is -0.383 e. The van der Waals surface area contributed by atoms with E-state index < -0.39 is 12.1 Å². The molecule has 8 heteroatoms. The maximum Gasteiger partial charge on any atom is 0.272 e. The van der Waals surface area contributed by atoms with Gasteiger partial charge >= 0.3 is 0 Å². The number of nitrogens with one attached hydrogen (secondary N) is 2. The van der Waals surface area contributed by atoms with Crippen molar-refractivity contribution in [3.8, 4) is 0 Å². The van der Waals surface area contributed by atoms with E-state index in [0.717, 1.165) is 22.0 Å². The second-order valence-electron chi connectivity index (χ2n) is 8.13. The predicted molar refractivity (Wildman–Crippen MR) is 137 cm³/mol. The molecule has 0 bridgehead atoms. The van der Waals surface area contributed by atoms with E-state index in [1.807, 2.05) is 54.6 Å². The number of hydrogen-bond acceptors (Lipinski definition) is 4. The standard InChI is InChI=1S/C27H23ClN4O3/c1-35-14-13-32-23-10-6-5-9-20(23)24(17-7-3-2-4-8-17)30-25(27(32)34)31-26(33)22-16-18-15-19(28)11-12-21(18)29-22/h2-12,15-16,25,29H,13-14H2,1H3,(H,31,33)/t25-/m1/s1. The summed E-state index contributed by atoms with van der Waals surface area (Å²) in [7, 11) is 1.58. The Labute approximate surface area is 207 Å². The summed E-state index contributed by atoms with van der Waals surface area (Å²) in [5.41, 5.74) is 4.09. The average Bonchev–Trinajstić information content (AvgIpc) is 3.26. The van der Waals surface area contributed by atoms with E-state index in [0.29, 0.717) is 35.3 Å². The average molecular weight is 487 g/mol. The molecular weight excluding hydrogens is 464 g/mol. The molecule has 176 valence electrons. The van der Waals surface area contributed by atoms with Crippen molar-refractivity contribution in [2.24, 2.45) is 4.99 Å². The third-order valence-corrected chi connectivity index (χ3v) is 6.10. The fourth-order valence-electron chi connectivity index (χ4n) is 4.19. The number of H-pyrrole nitrogens is 1. The number of anilines is 1. The molecule has 1 aromatic heterocycles. The number of aromatic amines is 1. The Bertz CT molecular complexity index is 1430. The molecule has 7 nitrogen and oxygen atoms in total. The third kappa shape index (κ3) is 4.56. The first-order valence-corrected chi connectivity index (χ1v) is 11.5. The molecule has 3 aromatic carbocycles. The lowest BCUT2D eigenvalue weighted by atomic mass is 10.0. The van der Waals surface area contributed by atoms with Crippen LogP contribution in [-0.2, 0) is 9.53 Å². The number of benzodiazepines with no additional fused rings is 1. The molecule has 0 saturated heterocycles. The lowest BCUT2D eigenvalue weighted by Crippen LogP contribution is -2.48. The van der Waals surface area contributed by atoms with E-state index in [1.165, 1.54) is 0 Å². The summed E-state index contributed by atoms with van der Waals surface area (Å²) < 4.78 is 5.25. The number of halogens is 1. The van der Waals surface area contributed by atoms with Crippen molar-refractivity contribution < 1.29 is 14.3 Å². The summed E-state index contributed by atoms with van der Waals surface area (Å²) in [4.78, 5) is 36.4. The minimum absolute atomic E-state index is 0.316. The number of aliphatic imine (C=N–C) groups is 1. The molecule has 35 heavy (non-hydrogen) atoms. The van der Waals surface area contributed by atoms with Gasteiger partial charge in [0.2, 0.25) is 6.17 Å². The van der Waals surface area contributed by atoms with Gasteiger partial charge in [-0.15, -0.1) is 0 Å². The van der Waals surface area contributed by atoms with Crippen molar-refractivity contribution >= 4 is 45.7 Å². The van der Waals surface area contributed by atoms with Crippen LogP contribution >= 0.6 is 11.6 Å². The molecule has 2 heterocycles. The number of amides is 2.